The predicted octanol–water partition coefficient (Wildman–Crippen LogP) is 0.762. The standard InChI is InChI=1S/C8H6N2O6/c9-8(12)16-15-7(11)5-1-3-6(4-2-5)10(13)14/h1-4H,(H2,9,12). The molecular weight excluding hydrogens is 220 g/mol. The quantitative estimate of drug-likeness (QED) is 0.451. The Morgan fingerprint density at radius 3 is 2.19 bits per heavy atom. The lowest BCUT2D eigenvalue weighted by Crippen LogP contribution is -2.16. The summed E-state index contributed by atoms with van der Waals surface area (Å²) in [4.78, 5) is 38.7. The average molecular weight is 226 g/mol. The van der Waals surface area contributed by atoms with Crippen LogP contribution >= 0.6 is 0 Å². The van der Waals surface area contributed by atoms with Crippen molar-refractivity contribution in [3.8, 4) is 0 Å². The minimum Gasteiger partial charge on any atom is -0.332 e. The van der Waals surface area contributed by atoms with Crippen LogP contribution in [0.4, 0.5) is 10.5 Å². The van der Waals surface area contributed by atoms with Crippen LogP contribution in [0.5, 0.6) is 0 Å². The van der Waals surface area contributed by atoms with Gasteiger partial charge in [0.05, 0.1) is 10.5 Å². The molecule has 2 N–H and O–H groups in total. The Morgan fingerprint density at radius 1 is 1.19 bits per heavy atom. The van der Waals surface area contributed by atoms with Crippen LogP contribution in [0.2, 0.25) is 0 Å². The number of carbonyl (C=O) groups is 2. The van der Waals surface area contributed by atoms with E-state index in [1.165, 1.54) is 0 Å². The number of primary amides is 1. The number of nitrogens with two attached hydrogens (primary N) is 1. The molecule has 0 spiro atoms. The van der Waals surface area contributed by atoms with Crippen molar-refractivity contribution in [3.05, 3.63) is 39.9 Å². The minimum absolute atomic E-state index is 0.00755. The zero-order valence-electron chi connectivity index (χ0n) is 7.78. The number of amides is 1. The van der Waals surface area contributed by atoms with Crippen molar-refractivity contribution in [3.63, 3.8) is 0 Å². The topological polar surface area (TPSA) is 122 Å². The third-order valence-corrected chi connectivity index (χ3v) is 1.51. The highest BCUT2D eigenvalue weighted by Crippen LogP contribution is 2.12. The highest BCUT2D eigenvalue weighted by Gasteiger charge is 2.12. The lowest BCUT2D eigenvalue weighted by molar-refractivity contribution is -0.384. The van der Waals surface area contributed by atoms with E-state index in [1.807, 2.05) is 0 Å². The lowest BCUT2D eigenvalue weighted by Gasteiger charge is -1.99. The lowest BCUT2D eigenvalue weighted by atomic mass is 10.2. The van der Waals surface area contributed by atoms with Gasteiger partial charge in [-0.3, -0.25) is 10.1 Å². The van der Waals surface area contributed by atoms with Gasteiger partial charge in [0.2, 0.25) is 0 Å². The first kappa shape index (κ1) is 11.4. The van der Waals surface area contributed by atoms with E-state index in [0.29, 0.717) is 0 Å². The number of nitro benzene ring substituents is 1. The smallest absolute Gasteiger partial charge is 0.332 e. The normalized spacial score (nSPS) is 9.25. The van der Waals surface area contributed by atoms with Crippen molar-refractivity contribution in [2.45, 2.75) is 0 Å². The van der Waals surface area contributed by atoms with Crippen LogP contribution in [0.25, 0.3) is 0 Å². The molecule has 0 aromatic heterocycles. The van der Waals surface area contributed by atoms with Gasteiger partial charge in [0.1, 0.15) is 0 Å². The highest BCUT2D eigenvalue weighted by atomic mass is 17.2. The van der Waals surface area contributed by atoms with Crippen molar-refractivity contribution in [2.75, 3.05) is 0 Å². The maximum atomic E-state index is 11.1. The van der Waals surface area contributed by atoms with Crippen LogP contribution in [0.1, 0.15) is 10.4 Å². The van der Waals surface area contributed by atoms with Gasteiger partial charge in [-0.1, -0.05) is 0 Å². The van der Waals surface area contributed by atoms with Crippen LogP contribution in [0.15, 0.2) is 24.3 Å². The van der Waals surface area contributed by atoms with Crippen molar-refractivity contribution in [1.29, 1.82) is 0 Å². The maximum absolute atomic E-state index is 11.1. The van der Waals surface area contributed by atoms with E-state index in [-0.39, 0.29) is 11.3 Å². The predicted molar refractivity (Wildman–Crippen MR) is 49.2 cm³/mol. The molecule has 0 atom stereocenters. The molecule has 0 aliphatic carbocycles. The summed E-state index contributed by atoms with van der Waals surface area (Å²) in [7, 11) is 0. The summed E-state index contributed by atoms with van der Waals surface area (Å²) in [6.07, 6.45) is -1.27. The zero-order valence-corrected chi connectivity index (χ0v) is 7.78. The second-order valence-corrected chi connectivity index (χ2v) is 2.58. The molecule has 1 amide bonds. The number of hydrogen-bond donors (Lipinski definition) is 1. The Kier molecular flexibility index (Phi) is 3.38. The number of nitrogens with zero attached hydrogens (tertiary/aromatic N) is 1. The van der Waals surface area contributed by atoms with Gasteiger partial charge in [-0.25, -0.2) is 19.4 Å². The fourth-order valence-electron chi connectivity index (χ4n) is 0.846. The summed E-state index contributed by atoms with van der Waals surface area (Å²) in [6.45, 7) is 0. The van der Waals surface area contributed by atoms with Crippen LogP contribution in [0.3, 0.4) is 0 Å². The Morgan fingerprint density at radius 2 is 1.75 bits per heavy atom. The molecule has 0 heterocycles. The molecule has 0 bridgehead atoms. The SMILES string of the molecule is NC(=O)OOC(=O)c1ccc([N+](=O)[O-])cc1. The van der Waals surface area contributed by atoms with Gasteiger partial charge in [0.25, 0.3) is 5.69 Å². The van der Waals surface area contributed by atoms with Gasteiger partial charge in [-0.05, 0) is 12.1 Å². The Hall–Kier alpha value is -2.64. The van der Waals surface area contributed by atoms with E-state index in [9.17, 15) is 19.7 Å². The van der Waals surface area contributed by atoms with Gasteiger partial charge < -0.3 is 5.73 Å². The molecule has 1 aromatic rings. The van der Waals surface area contributed by atoms with Crippen LogP contribution < -0.4 is 5.73 Å². The van der Waals surface area contributed by atoms with E-state index < -0.39 is 17.0 Å². The second-order valence-electron chi connectivity index (χ2n) is 2.58. The van der Waals surface area contributed by atoms with Crippen LogP contribution in [-0.2, 0) is 9.78 Å². The van der Waals surface area contributed by atoms with E-state index in [2.05, 4.69) is 15.5 Å². The van der Waals surface area contributed by atoms with Gasteiger partial charge in [-0.2, -0.15) is 0 Å². The Labute approximate surface area is 88.6 Å². The molecule has 0 unspecified atom stereocenters. The molecule has 1 aromatic carbocycles. The van der Waals surface area contributed by atoms with Crippen LogP contribution in [0, 0.1) is 10.1 Å². The Balaban J connectivity index is 2.70. The molecule has 8 heteroatoms. The number of rotatable bonds is 2. The number of non-ortho nitro benzene ring substituents is 1. The summed E-state index contributed by atoms with van der Waals surface area (Å²) in [6, 6.07) is 4.54. The Bertz CT molecular complexity index is 427. The monoisotopic (exact) mass is 226 g/mol. The van der Waals surface area contributed by atoms with E-state index >= 15 is 0 Å². The van der Waals surface area contributed by atoms with E-state index in [4.69, 9.17) is 0 Å². The maximum Gasteiger partial charge on any atom is 0.447 e. The highest BCUT2D eigenvalue weighted by molar-refractivity contribution is 5.89. The molecule has 0 fully saturated rings. The molecule has 0 aliphatic heterocycles. The second kappa shape index (κ2) is 4.73. The minimum atomic E-state index is -1.27. The van der Waals surface area contributed by atoms with Crippen molar-refractivity contribution < 1.29 is 24.3 Å². The first-order valence-electron chi connectivity index (χ1n) is 3.93. The summed E-state index contributed by atoms with van der Waals surface area (Å²) >= 11 is 0. The average Bonchev–Trinajstić information content (AvgIpc) is 2.26. The van der Waals surface area contributed by atoms with Crippen molar-refractivity contribution in [1.82, 2.24) is 0 Å². The number of hydrogen-bond acceptors (Lipinski definition) is 6. The first-order valence-corrected chi connectivity index (χ1v) is 3.93. The molecule has 8 nitrogen and oxygen atoms in total. The van der Waals surface area contributed by atoms with Crippen molar-refractivity contribution >= 4 is 17.7 Å². The van der Waals surface area contributed by atoms with Gasteiger partial charge in [0.15, 0.2) is 0 Å². The third kappa shape index (κ3) is 2.94. The van der Waals surface area contributed by atoms with Crippen molar-refractivity contribution in [2.24, 2.45) is 5.73 Å². The third-order valence-electron chi connectivity index (χ3n) is 1.51. The van der Waals surface area contributed by atoms with Gasteiger partial charge in [0, 0.05) is 12.1 Å². The summed E-state index contributed by atoms with van der Waals surface area (Å²) in [5.41, 5.74) is 4.37. The van der Waals surface area contributed by atoms with Gasteiger partial charge in [-0.15, -0.1) is 0 Å². The van der Waals surface area contributed by atoms with E-state index in [0.717, 1.165) is 24.3 Å². The van der Waals surface area contributed by atoms with E-state index in [1.54, 1.807) is 0 Å². The summed E-state index contributed by atoms with van der Waals surface area (Å²) in [5.74, 6) is -0.978. The summed E-state index contributed by atoms with van der Waals surface area (Å²) < 4.78 is 0. The molecule has 0 saturated heterocycles. The van der Waals surface area contributed by atoms with Crippen LogP contribution in [-0.4, -0.2) is 17.0 Å². The number of carbonyl (C=O) groups excluding carboxylic acids is 2. The fraction of sp³-hybridized carbons (Fsp3) is 0. The largest absolute Gasteiger partial charge is 0.447 e. The van der Waals surface area contributed by atoms with Gasteiger partial charge >= 0.3 is 12.1 Å². The molecule has 84 valence electrons. The molecule has 0 radical (unpaired) electrons. The zero-order chi connectivity index (χ0) is 12.1. The molecule has 0 aliphatic rings. The number of benzene rings is 1. The number of nitro groups is 1. The summed E-state index contributed by atoms with van der Waals surface area (Å²) in [5, 5.41) is 10.3. The fourth-order valence-corrected chi connectivity index (χ4v) is 0.846. The first-order chi connectivity index (χ1) is 7.50. The molecular formula is C8H6N2O6. The molecule has 0 saturated carbocycles. The molecule has 16 heavy (non-hydrogen) atoms. The molecule has 1 rings (SSSR count).